The van der Waals surface area contributed by atoms with Crippen LogP contribution in [0.2, 0.25) is 0 Å². The zero-order valence-corrected chi connectivity index (χ0v) is 11.3. The molecule has 0 bridgehead atoms. The van der Waals surface area contributed by atoms with Crippen molar-refractivity contribution in [2.75, 3.05) is 31.1 Å². The fourth-order valence-electron chi connectivity index (χ4n) is 3.62. The Kier molecular flexibility index (Phi) is 3.58. The normalized spacial score (nSPS) is 27.9. The zero-order valence-electron chi connectivity index (χ0n) is 9.69. The van der Waals surface area contributed by atoms with Crippen molar-refractivity contribution in [2.24, 2.45) is 5.92 Å². The molecule has 0 saturated carbocycles. The minimum atomic E-state index is 0. The second-order valence-electron chi connectivity index (χ2n) is 5.08. The average molecular weight is 273 g/mol. The van der Waals surface area contributed by atoms with Crippen LogP contribution < -0.4 is 10.2 Å². The van der Waals surface area contributed by atoms with Gasteiger partial charge in [-0.15, -0.1) is 24.8 Å². The van der Waals surface area contributed by atoms with Crippen molar-refractivity contribution in [3.05, 3.63) is 29.3 Å². The van der Waals surface area contributed by atoms with Crippen LogP contribution in [0, 0.1) is 5.92 Å². The summed E-state index contributed by atoms with van der Waals surface area (Å²) in [6, 6.07) is 6.90. The summed E-state index contributed by atoms with van der Waals surface area (Å²) < 4.78 is 0. The molecule has 3 aliphatic heterocycles. The average Bonchev–Trinajstić information content (AvgIpc) is 2.87. The molecular formula is C13H18Cl2N2. The van der Waals surface area contributed by atoms with Crippen molar-refractivity contribution in [1.29, 1.82) is 0 Å². The molecule has 1 fully saturated rings. The summed E-state index contributed by atoms with van der Waals surface area (Å²) in [6.45, 7) is 4.93. The van der Waals surface area contributed by atoms with Crippen LogP contribution in [-0.2, 0) is 6.42 Å². The largest absolute Gasteiger partial charge is 0.370 e. The third kappa shape index (κ3) is 1.74. The number of rotatable bonds is 0. The van der Waals surface area contributed by atoms with E-state index >= 15 is 0 Å². The highest BCUT2D eigenvalue weighted by atomic mass is 35.5. The summed E-state index contributed by atoms with van der Waals surface area (Å²) in [7, 11) is 0. The van der Waals surface area contributed by atoms with E-state index in [0.717, 1.165) is 11.8 Å². The first-order chi connectivity index (χ1) is 7.43. The molecule has 2 nitrogen and oxygen atoms in total. The molecule has 2 atom stereocenters. The van der Waals surface area contributed by atoms with E-state index < -0.39 is 0 Å². The van der Waals surface area contributed by atoms with E-state index in [2.05, 4.69) is 28.4 Å². The van der Waals surface area contributed by atoms with E-state index in [0.29, 0.717) is 0 Å². The number of hydrogen-bond acceptors (Lipinski definition) is 2. The molecule has 0 aromatic heterocycles. The molecule has 3 aliphatic rings. The lowest BCUT2D eigenvalue weighted by molar-refractivity contribution is 0.491. The van der Waals surface area contributed by atoms with Gasteiger partial charge in [-0.2, -0.15) is 0 Å². The Morgan fingerprint density at radius 2 is 2.06 bits per heavy atom. The first-order valence-corrected chi connectivity index (χ1v) is 6.01. The van der Waals surface area contributed by atoms with E-state index in [1.165, 1.54) is 32.6 Å². The third-order valence-electron chi connectivity index (χ3n) is 4.31. The van der Waals surface area contributed by atoms with Gasteiger partial charge in [-0.1, -0.05) is 18.2 Å². The van der Waals surface area contributed by atoms with Crippen molar-refractivity contribution in [2.45, 2.75) is 12.3 Å². The summed E-state index contributed by atoms with van der Waals surface area (Å²) in [5, 5.41) is 3.54. The zero-order chi connectivity index (χ0) is 9.83. The molecular weight excluding hydrogens is 255 g/mol. The van der Waals surface area contributed by atoms with Crippen LogP contribution in [0.5, 0.6) is 0 Å². The molecule has 0 unspecified atom stereocenters. The molecule has 1 aromatic carbocycles. The van der Waals surface area contributed by atoms with Crippen molar-refractivity contribution < 1.29 is 0 Å². The maximum atomic E-state index is 3.54. The van der Waals surface area contributed by atoms with E-state index in [-0.39, 0.29) is 24.8 Å². The second-order valence-corrected chi connectivity index (χ2v) is 5.08. The van der Waals surface area contributed by atoms with Gasteiger partial charge in [-0.25, -0.2) is 0 Å². The molecule has 0 aliphatic carbocycles. The Labute approximate surface area is 115 Å². The highest BCUT2D eigenvalue weighted by Crippen LogP contribution is 2.44. The molecule has 0 radical (unpaired) electrons. The van der Waals surface area contributed by atoms with Crippen LogP contribution in [0.15, 0.2) is 18.2 Å². The molecule has 94 valence electrons. The van der Waals surface area contributed by atoms with Gasteiger partial charge in [0.25, 0.3) is 0 Å². The van der Waals surface area contributed by atoms with Gasteiger partial charge in [0.1, 0.15) is 0 Å². The summed E-state index contributed by atoms with van der Waals surface area (Å²) in [5.74, 6) is 1.64. The van der Waals surface area contributed by atoms with Crippen LogP contribution in [0.1, 0.15) is 17.0 Å². The van der Waals surface area contributed by atoms with Crippen molar-refractivity contribution in [3.63, 3.8) is 0 Å². The number of halogens is 2. The van der Waals surface area contributed by atoms with Crippen LogP contribution in [0.25, 0.3) is 0 Å². The summed E-state index contributed by atoms with van der Waals surface area (Å²) >= 11 is 0. The Morgan fingerprint density at radius 1 is 1.18 bits per heavy atom. The number of benzene rings is 1. The maximum Gasteiger partial charge on any atom is 0.0435 e. The number of fused-ring (bicyclic) bond motifs is 2. The quantitative estimate of drug-likeness (QED) is 0.779. The number of nitrogens with zero attached hydrogens (tertiary/aromatic N) is 1. The fourth-order valence-corrected chi connectivity index (χ4v) is 3.62. The van der Waals surface area contributed by atoms with E-state index in [4.69, 9.17) is 0 Å². The van der Waals surface area contributed by atoms with Gasteiger partial charge in [0, 0.05) is 37.8 Å². The Hall–Kier alpha value is -0.440. The molecule has 17 heavy (non-hydrogen) atoms. The third-order valence-corrected chi connectivity index (χ3v) is 4.31. The summed E-state index contributed by atoms with van der Waals surface area (Å²) in [6.07, 6.45) is 1.26. The topological polar surface area (TPSA) is 15.3 Å². The lowest BCUT2D eigenvalue weighted by Gasteiger charge is -2.35. The first kappa shape index (κ1) is 13.0. The second kappa shape index (κ2) is 4.68. The Morgan fingerprint density at radius 3 is 2.94 bits per heavy atom. The van der Waals surface area contributed by atoms with Gasteiger partial charge in [0.05, 0.1) is 0 Å². The van der Waals surface area contributed by atoms with Crippen molar-refractivity contribution >= 4 is 30.5 Å². The van der Waals surface area contributed by atoms with Crippen LogP contribution in [0.4, 0.5) is 5.69 Å². The van der Waals surface area contributed by atoms with E-state index in [1.807, 2.05) is 0 Å². The number of anilines is 1. The van der Waals surface area contributed by atoms with Gasteiger partial charge in [-0.05, 0) is 23.5 Å². The van der Waals surface area contributed by atoms with E-state index in [9.17, 15) is 0 Å². The van der Waals surface area contributed by atoms with Gasteiger partial charge in [-0.3, -0.25) is 0 Å². The van der Waals surface area contributed by atoms with Gasteiger partial charge < -0.3 is 10.2 Å². The number of hydrogen-bond donors (Lipinski definition) is 1. The van der Waals surface area contributed by atoms with Gasteiger partial charge in [0.15, 0.2) is 0 Å². The predicted octanol–water partition coefficient (Wildman–Crippen LogP) is 2.21. The lowest BCUT2D eigenvalue weighted by Crippen LogP contribution is -2.35. The van der Waals surface area contributed by atoms with Crippen molar-refractivity contribution in [1.82, 2.24) is 5.32 Å². The Bertz CT molecular complexity index is 422. The van der Waals surface area contributed by atoms with Crippen LogP contribution in [-0.4, -0.2) is 26.2 Å². The smallest absolute Gasteiger partial charge is 0.0435 e. The van der Waals surface area contributed by atoms with Gasteiger partial charge in [0.2, 0.25) is 0 Å². The number of nitrogens with one attached hydrogen (secondary N) is 1. The SMILES string of the molecule is Cl.Cl.c1cc2c3c(c1)[C@H]1CNC[C@H]1CN3CC2. The van der Waals surface area contributed by atoms with E-state index in [1.54, 1.807) is 16.8 Å². The summed E-state index contributed by atoms with van der Waals surface area (Å²) in [4.78, 5) is 2.61. The predicted molar refractivity (Wildman–Crippen MR) is 76.0 cm³/mol. The van der Waals surface area contributed by atoms with Crippen LogP contribution >= 0.6 is 24.8 Å². The highest BCUT2D eigenvalue weighted by Gasteiger charge is 2.39. The standard InChI is InChI=1S/C13H16N2.2ClH/c1-2-9-4-5-15-8-10-6-14-7-12(10)11(3-1)13(9)15;;/h1-3,10,12,14H,4-8H2;2*1H/t10-,12-;;/m0../s1. The molecule has 1 aromatic rings. The molecule has 0 amide bonds. The summed E-state index contributed by atoms with van der Waals surface area (Å²) in [5.41, 5.74) is 4.78. The highest BCUT2D eigenvalue weighted by molar-refractivity contribution is 5.85. The first-order valence-electron chi connectivity index (χ1n) is 6.01. The van der Waals surface area contributed by atoms with Crippen LogP contribution in [0.3, 0.4) is 0 Å². The minimum absolute atomic E-state index is 0. The Balaban J connectivity index is 0.000000540. The number of para-hydroxylation sites is 1. The minimum Gasteiger partial charge on any atom is -0.370 e. The molecule has 4 heteroatoms. The van der Waals surface area contributed by atoms with Crippen molar-refractivity contribution in [3.8, 4) is 0 Å². The van der Waals surface area contributed by atoms with Gasteiger partial charge >= 0.3 is 0 Å². The fraction of sp³-hybridized carbons (Fsp3) is 0.538. The molecule has 3 heterocycles. The molecule has 0 spiro atoms. The maximum absolute atomic E-state index is 3.54. The lowest BCUT2D eigenvalue weighted by atomic mass is 9.83. The molecule has 1 saturated heterocycles. The monoisotopic (exact) mass is 272 g/mol. The molecule has 4 rings (SSSR count). The molecule has 1 N–H and O–H groups in total.